The molecule has 0 saturated heterocycles. The molecule has 0 heterocycles. The summed E-state index contributed by atoms with van der Waals surface area (Å²) in [5.41, 5.74) is 0. The van der Waals surface area contributed by atoms with E-state index in [-0.39, 0.29) is 7.92 Å². The molecule has 0 nitrogen and oxygen atoms in total. The van der Waals surface area contributed by atoms with E-state index < -0.39 is 0 Å². The average Bonchev–Trinajstić information content (AvgIpc) is 1.93. The Morgan fingerprint density at radius 2 is 1.40 bits per heavy atom. The maximum Gasteiger partial charge on any atom is -0.00332 e. The number of hydrogen-bond donors (Lipinski definition) is 0. The molecule has 0 aromatic carbocycles. The van der Waals surface area contributed by atoms with E-state index >= 15 is 0 Å². The predicted molar refractivity (Wildman–Crippen MR) is 62.1 cm³/mol. The fourth-order valence-corrected chi connectivity index (χ4v) is 0.671. The van der Waals surface area contributed by atoms with Gasteiger partial charge in [-0.1, -0.05) is 66.7 Å². The van der Waals surface area contributed by atoms with Gasteiger partial charge in [-0.3, -0.25) is 0 Å². The van der Waals surface area contributed by atoms with E-state index in [4.69, 9.17) is 0 Å². The summed E-state index contributed by atoms with van der Waals surface area (Å²) in [5.74, 6) is 5.57. The predicted octanol–water partition coefficient (Wildman–Crippen LogP) is 4.34. The van der Waals surface area contributed by atoms with Gasteiger partial charge in [0.15, 0.2) is 0 Å². The van der Waals surface area contributed by atoms with Gasteiger partial charge in [0.2, 0.25) is 0 Å². The molecule has 0 spiro atoms. The standard InChI is InChI=1S/C6H9P.C2H5I/c1-4-7(5-2)6-3;1-2-3/h4-6H,1-3H2;2H2,1H3. The average molecular weight is 268 g/mol. The van der Waals surface area contributed by atoms with Gasteiger partial charge in [-0.25, -0.2) is 0 Å². The minimum Gasteiger partial charge on any atom is -0.0980 e. The van der Waals surface area contributed by atoms with Crippen molar-refractivity contribution in [3.63, 3.8) is 0 Å². The summed E-state index contributed by atoms with van der Waals surface area (Å²) >= 11 is 2.29. The van der Waals surface area contributed by atoms with Gasteiger partial charge in [0, 0.05) is 0 Å². The highest BCUT2D eigenvalue weighted by atomic mass is 127. The van der Waals surface area contributed by atoms with Gasteiger partial charge in [0.1, 0.15) is 0 Å². The minimum absolute atomic E-state index is 0.262. The number of rotatable bonds is 3. The van der Waals surface area contributed by atoms with E-state index in [2.05, 4.69) is 49.3 Å². The molecule has 0 aromatic rings. The highest BCUT2D eigenvalue weighted by Gasteiger charge is 1.82. The number of alkyl halides is 1. The smallest absolute Gasteiger partial charge is 0.00332 e. The third-order valence-electron chi connectivity index (χ3n) is 0.632. The molecule has 0 aliphatic heterocycles. The largest absolute Gasteiger partial charge is 0.0980 e. The Labute approximate surface area is 79.0 Å². The summed E-state index contributed by atoms with van der Waals surface area (Å²) in [6.45, 7) is 12.9. The highest BCUT2D eigenvalue weighted by Crippen LogP contribution is 2.37. The second-order valence-corrected chi connectivity index (χ2v) is 4.78. The highest BCUT2D eigenvalue weighted by molar-refractivity contribution is 14.1. The molecule has 0 aliphatic carbocycles. The van der Waals surface area contributed by atoms with Crippen LogP contribution in [0.15, 0.2) is 37.2 Å². The van der Waals surface area contributed by atoms with E-state index in [0.717, 1.165) is 0 Å². The lowest BCUT2D eigenvalue weighted by atomic mass is 11.0. The molecule has 0 bridgehead atoms. The van der Waals surface area contributed by atoms with Crippen LogP contribution in [0.2, 0.25) is 0 Å². The van der Waals surface area contributed by atoms with E-state index in [1.54, 1.807) is 0 Å². The molecule has 0 aromatic heterocycles. The number of halogens is 1. The lowest BCUT2D eigenvalue weighted by Gasteiger charge is -1.92. The maximum atomic E-state index is 3.59. The molecule has 0 unspecified atom stereocenters. The van der Waals surface area contributed by atoms with Crippen LogP contribution in [-0.4, -0.2) is 4.43 Å². The van der Waals surface area contributed by atoms with E-state index in [9.17, 15) is 0 Å². The van der Waals surface area contributed by atoms with Crippen molar-refractivity contribution in [3.05, 3.63) is 37.2 Å². The summed E-state index contributed by atoms with van der Waals surface area (Å²) in [4.78, 5) is 0. The Kier molecular flexibility index (Phi) is 15.7. The van der Waals surface area contributed by atoms with Crippen molar-refractivity contribution in [2.45, 2.75) is 6.92 Å². The third-order valence-corrected chi connectivity index (χ3v) is 1.90. The summed E-state index contributed by atoms with van der Waals surface area (Å²) in [6.07, 6.45) is 0. The van der Waals surface area contributed by atoms with Crippen LogP contribution in [-0.2, 0) is 0 Å². The lowest BCUT2D eigenvalue weighted by Crippen LogP contribution is -1.45. The molecule has 0 amide bonds. The molecular weight excluding hydrogens is 254 g/mol. The summed E-state index contributed by atoms with van der Waals surface area (Å²) in [5, 5.41) is 0. The number of hydrogen-bond acceptors (Lipinski definition) is 0. The van der Waals surface area contributed by atoms with Crippen LogP contribution in [0.25, 0.3) is 0 Å². The fourth-order valence-electron chi connectivity index (χ4n) is 0.224. The van der Waals surface area contributed by atoms with E-state index in [1.165, 1.54) is 4.43 Å². The molecule has 0 aliphatic rings. The SMILES string of the molecule is C=CP(C=C)C=C.CCI. The van der Waals surface area contributed by atoms with Gasteiger partial charge in [-0.2, -0.15) is 0 Å². The molecule has 0 rings (SSSR count). The molecule has 0 saturated carbocycles. The first-order valence-electron chi connectivity index (χ1n) is 2.97. The quantitative estimate of drug-likeness (QED) is 0.405. The second-order valence-electron chi connectivity index (χ2n) is 1.26. The second kappa shape index (κ2) is 12.1. The van der Waals surface area contributed by atoms with Gasteiger partial charge in [0.25, 0.3) is 0 Å². The topological polar surface area (TPSA) is 0 Å². The minimum atomic E-state index is -0.262. The van der Waals surface area contributed by atoms with Gasteiger partial charge < -0.3 is 0 Å². The van der Waals surface area contributed by atoms with Crippen molar-refractivity contribution in [2.24, 2.45) is 0 Å². The van der Waals surface area contributed by atoms with Crippen LogP contribution in [0.1, 0.15) is 6.92 Å². The zero-order valence-corrected chi connectivity index (χ0v) is 9.44. The van der Waals surface area contributed by atoms with Crippen molar-refractivity contribution in [1.29, 1.82) is 0 Å². The lowest BCUT2D eigenvalue weighted by molar-refractivity contribution is 1.58. The first-order chi connectivity index (χ1) is 4.76. The molecule has 0 radical (unpaired) electrons. The molecule has 0 N–H and O–H groups in total. The zero-order valence-electron chi connectivity index (χ0n) is 6.39. The van der Waals surface area contributed by atoms with Crippen molar-refractivity contribution < 1.29 is 0 Å². The van der Waals surface area contributed by atoms with Crippen LogP contribution < -0.4 is 0 Å². The van der Waals surface area contributed by atoms with Crippen molar-refractivity contribution in [3.8, 4) is 0 Å². The van der Waals surface area contributed by atoms with Gasteiger partial charge >= 0.3 is 0 Å². The molecule has 0 fully saturated rings. The van der Waals surface area contributed by atoms with Crippen LogP contribution >= 0.6 is 30.5 Å². The Morgan fingerprint density at radius 1 is 1.20 bits per heavy atom. The Balaban J connectivity index is 0. The molecule has 10 heavy (non-hydrogen) atoms. The molecule has 0 atom stereocenters. The normalized spacial score (nSPS) is 7.50. The Hall–Kier alpha value is 0.380. The molecular formula is C8H14IP. The van der Waals surface area contributed by atoms with Crippen LogP contribution in [0.5, 0.6) is 0 Å². The molecule has 2 heteroatoms. The Morgan fingerprint density at radius 3 is 1.40 bits per heavy atom. The van der Waals surface area contributed by atoms with Crippen LogP contribution in [0.4, 0.5) is 0 Å². The summed E-state index contributed by atoms with van der Waals surface area (Å²) in [7, 11) is -0.262. The van der Waals surface area contributed by atoms with Gasteiger partial charge in [-0.15, -0.1) is 0 Å². The van der Waals surface area contributed by atoms with Gasteiger partial charge in [0.05, 0.1) is 0 Å². The maximum absolute atomic E-state index is 3.59. The fraction of sp³-hybridized carbons (Fsp3) is 0.250. The first kappa shape index (κ1) is 13.0. The van der Waals surface area contributed by atoms with Crippen molar-refractivity contribution in [2.75, 3.05) is 4.43 Å². The van der Waals surface area contributed by atoms with Gasteiger partial charge in [-0.05, 0) is 12.3 Å². The zero-order chi connectivity index (χ0) is 8.41. The van der Waals surface area contributed by atoms with Crippen LogP contribution in [0.3, 0.4) is 0 Å². The van der Waals surface area contributed by atoms with Crippen molar-refractivity contribution >= 4 is 30.5 Å². The first-order valence-corrected chi connectivity index (χ1v) is 6.05. The summed E-state index contributed by atoms with van der Waals surface area (Å²) in [6, 6.07) is 0. The van der Waals surface area contributed by atoms with Crippen LogP contribution in [0, 0.1) is 0 Å². The third kappa shape index (κ3) is 11.2. The van der Waals surface area contributed by atoms with E-state index in [0.29, 0.717) is 0 Å². The molecule has 58 valence electrons. The van der Waals surface area contributed by atoms with E-state index in [1.807, 2.05) is 17.5 Å². The Bertz CT molecular complexity index is 80.4. The monoisotopic (exact) mass is 268 g/mol. The summed E-state index contributed by atoms with van der Waals surface area (Å²) < 4.78 is 1.22. The van der Waals surface area contributed by atoms with Crippen molar-refractivity contribution in [1.82, 2.24) is 0 Å².